The van der Waals surface area contributed by atoms with E-state index in [1.165, 1.54) is 115 Å². The molecule has 0 unspecified atom stereocenters. The number of fused-ring (bicyclic) bond motifs is 6. The lowest BCUT2D eigenvalue weighted by Gasteiger charge is -2.23. The van der Waals surface area contributed by atoms with Crippen LogP contribution in [0.5, 0.6) is 0 Å². The van der Waals surface area contributed by atoms with Gasteiger partial charge in [0.2, 0.25) is 0 Å². The fraction of sp³-hybridized carbons (Fsp3) is 0.0492. The van der Waals surface area contributed by atoms with E-state index in [2.05, 4.69) is 233 Å². The highest BCUT2D eigenvalue weighted by molar-refractivity contribution is 7.04. The van der Waals surface area contributed by atoms with Gasteiger partial charge >= 0.3 is 0 Å². The van der Waals surface area contributed by atoms with E-state index in [9.17, 15) is 0 Å². The van der Waals surface area contributed by atoms with Gasteiger partial charge in [-0.3, -0.25) is 0 Å². The number of benzene rings is 10. The van der Waals surface area contributed by atoms with Crippen LogP contribution >= 0.6 is 0 Å². The van der Waals surface area contributed by atoms with Crippen LogP contribution in [0.3, 0.4) is 0 Å². The fourth-order valence-electron chi connectivity index (χ4n) is 10.3. The summed E-state index contributed by atoms with van der Waals surface area (Å²) in [6, 6.07) is 72.5. The minimum Gasteiger partial charge on any atom is -0.0984 e. The van der Waals surface area contributed by atoms with E-state index < -0.39 is 8.07 Å². The molecule has 11 rings (SSSR count). The van der Waals surface area contributed by atoms with Crippen molar-refractivity contribution in [2.24, 2.45) is 0 Å². The molecule has 0 N–H and O–H groups in total. The van der Waals surface area contributed by atoms with Gasteiger partial charge < -0.3 is 0 Å². The number of hydrogen-bond acceptors (Lipinski definition) is 0. The zero-order valence-electron chi connectivity index (χ0n) is 35.4. The highest BCUT2D eigenvalue weighted by Gasteiger charge is 2.38. The van der Waals surface area contributed by atoms with Gasteiger partial charge in [0.25, 0.3) is 0 Å². The van der Waals surface area contributed by atoms with Crippen LogP contribution in [-0.2, 0) is 0 Å². The van der Waals surface area contributed by atoms with Crippen molar-refractivity contribution in [1.29, 1.82) is 0 Å². The Hall–Kier alpha value is -7.32. The highest BCUT2D eigenvalue weighted by Crippen LogP contribution is 2.48. The molecule has 1 heterocycles. The maximum Gasteiger partial charge on any atom is 0.113 e. The van der Waals surface area contributed by atoms with Crippen LogP contribution in [0.2, 0.25) is 13.1 Å². The summed E-state index contributed by atoms with van der Waals surface area (Å²) in [5, 5.41) is 10.6. The average molecular weight is 807 g/mol. The van der Waals surface area contributed by atoms with Gasteiger partial charge in [-0.1, -0.05) is 214 Å². The van der Waals surface area contributed by atoms with E-state index >= 15 is 0 Å². The minimum absolute atomic E-state index is 1.15. The van der Waals surface area contributed by atoms with Crippen molar-refractivity contribution in [3.8, 4) is 66.8 Å². The summed E-state index contributed by atoms with van der Waals surface area (Å²) in [6.45, 7) is 11.5. The van der Waals surface area contributed by atoms with E-state index in [0.29, 0.717) is 0 Å². The third-order valence-electron chi connectivity index (χ3n) is 13.4. The SMILES string of the molecule is C=Cc1c(-c2ccc3c(-c4ccc(-c5ccccc5)cc4)c4cc5c(cc4c(-c4ccc(-c6ccccc6)cc4)c3c2)[Si](C)(C)c2ccccc2-5)cc2ccccc2c1/C=C\C. The maximum atomic E-state index is 4.39. The Balaban J connectivity index is 1.26. The lowest BCUT2D eigenvalue weighted by molar-refractivity contribution is 1.59. The van der Waals surface area contributed by atoms with Crippen molar-refractivity contribution in [1.82, 2.24) is 0 Å². The topological polar surface area (TPSA) is 0 Å². The van der Waals surface area contributed by atoms with Gasteiger partial charge in [0, 0.05) is 0 Å². The molecule has 0 nitrogen and oxygen atoms in total. The van der Waals surface area contributed by atoms with Crippen LogP contribution < -0.4 is 10.4 Å². The molecular formula is C61H46Si. The first-order valence-corrected chi connectivity index (χ1v) is 24.7. The molecule has 62 heavy (non-hydrogen) atoms. The van der Waals surface area contributed by atoms with E-state index in [1.807, 2.05) is 6.08 Å². The Morgan fingerprint density at radius 1 is 0.371 bits per heavy atom. The van der Waals surface area contributed by atoms with Gasteiger partial charge in [0.15, 0.2) is 0 Å². The summed E-state index contributed by atoms with van der Waals surface area (Å²) < 4.78 is 0. The van der Waals surface area contributed by atoms with Gasteiger partial charge in [0.1, 0.15) is 8.07 Å². The van der Waals surface area contributed by atoms with Gasteiger partial charge in [-0.2, -0.15) is 0 Å². The molecule has 1 aliphatic rings. The lowest BCUT2D eigenvalue weighted by atomic mass is 9.82. The molecule has 0 radical (unpaired) electrons. The average Bonchev–Trinajstić information content (AvgIpc) is 3.55. The fourth-order valence-corrected chi connectivity index (χ4v) is 13.4. The molecule has 10 aromatic carbocycles. The molecule has 0 saturated carbocycles. The normalized spacial score (nSPS) is 12.9. The first-order valence-electron chi connectivity index (χ1n) is 21.7. The Labute approximate surface area is 365 Å². The summed E-state index contributed by atoms with van der Waals surface area (Å²) in [5.41, 5.74) is 17.3. The molecule has 0 aromatic heterocycles. The summed E-state index contributed by atoms with van der Waals surface area (Å²) in [7, 11) is -2.02. The Morgan fingerprint density at radius 2 is 0.887 bits per heavy atom. The third kappa shape index (κ3) is 6.03. The van der Waals surface area contributed by atoms with E-state index in [1.54, 1.807) is 0 Å². The van der Waals surface area contributed by atoms with Crippen molar-refractivity contribution in [3.63, 3.8) is 0 Å². The first-order chi connectivity index (χ1) is 30.4. The zero-order valence-corrected chi connectivity index (χ0v) is 36.4. The van der Waals surface area contributed by atoms with Crippen molar-refractivity contribution in [3.05, 3.63) is 218 Å². The molecule has 0 saturated heterocycles. The molecule has 0 fully saturated rings. The van der Waals surface area contributed by atoms with Gasteiger partial charge in [-0.05, 0) is 146 Å². The van der Waals surface area contributed by atoms with Gasteiger partial charge in [-0.25, -0.2) is 0 Å². The third-order valence-corrected chi connectivity index (χ3v) is 16.9. The van der Waals surface area contributed by atoms with Crippen molar-refractivity contribution >= 4 is 62.9 Å². The van der Waals surface area contributed by atoms with E-state index in [0.717, 1.165) is 5.56 Å². The standard InChI is InChI=1S/C61H46Si/c1-5-17-50-48(6-2)53(36-46-22-13-14-23-49(46)50)47-34-35-52-55(37-47)61(45-32-28-43(29-33-45)41-20-11-8-12-21-41)57-39-59-54(51-24-15-16-25-58(51)62(59,3)4)38-56(57)60(52)44-30-26-42(27-31-44)40-18-9-7-10-19-40/h5-39H,2H2,1,3-4H3/b17-5-. The Bertz CT molecular complexity index is 3410. The number of hydrogen-bond donors (Lipinski definition) is 0. The summed E-state index contributed by atoms with van der Waals surface area (Å²) >= 11 is 0. The van der Waals surface area contributed by atoms with Crippen LogP contribution in [-0.4, -0.2) is 8.07 Å². The van der Waals surface area contributed by atoms with E-state index in [4.69, 9.17) is 0 Å². The molecule has 0 atom stereocenters. The second-order valence-electron chi connectivity index (χ2n) is 17.2. The van der Waals surface area contributed by atoms with Crippen molar-refractivity contribution in [2.75, 3.05) is 0 Å². The van der Waals surface area contributed by atoms with Gasteiger partial charge in [0.05, 0.1) is 0 Å². The Morgan fingerprint density at radius 3 is 1.53 bits per heavy atom. The molecule has 0 bridgehead atoms. The molecular weight excluding hydrogens is 761 g/mol. The predicted octanol–water partition coefficient (Wildman–Crippen LogP) is 16.0. The maximum absolute atomic E-state index is 4.39. The zero-order chi connectivity index (χ0) is 42.0. The molecule has 1 heteroatoms. The summed E-state index contributed by atoms with van der Waals surface area (Å²) in [5.74, 6) is 0. The molecule has 1 aliphatic heterocycles. The quantitative estimate of drug-likeness (QED) is 0.111. The second-order valence-corrected chi connectivity index (χ2v) is 21.5. The number of rotatable bonds is 7. The van der Waals surface area contributed by atoms with Crippen LogP contribution in [0.4, 0.5) is 0 Å². The smallest absolute Gasteiger partial charge is 0.0984 e. The minimum atomic E-state index is -2.02. The lowest BCUT2D eigenvalue weighted by Crippen LogP contribution is -2.49. The first kappa shape index (κ1) is 37.7. The highest BCUT2D eigenvalue weighted by atomic mass is 28.3. The van der Waals surface area contributed by atoms with Gasteiger partial charge in [-0.15, -0.1) is 0 Å². The van der Waals surface area contributed by atoms with Crippen LogP contribution in [0, 0.1) is 0 Å². The molecule has 0 amide bonds. The molecule has 0 aliphatic carbocycles. The predicted molar refractivity (Wildman–Crippen MR) is 273 cm³/mol. The van der Waals surface area contributed by atoms with Crippen molar-refractivity contribution < 1.29 is 0 Å². The van der Waals surface area contributed by atoms with Crippen LogP contribution in [0.25, 0.3) is 111 Å². The summed E-state index contributed by atoms with van der Waals surface area (Å²) in [6.07, 6.45) is 6.41. The van der Waals surface area contributed by atoms with Crippen LogP contribution in [0.1, 0.15) is 18.1 Å². The Kier molecular flexibility index (Phi) is 9.11. The molecule has 0 spiro atoms. The second kappa shape index (κ2) is 15.0. The van der Waals surface area contributed by atoms with Crippen LogP contribution in [0.15, 0.2) is 207 Å². The van der Waals surface area contributed by atoms with E-state index in [-0.39, 0.29) is 0 Å². The molecule has 294 valence electrons. The van der Waals surface area contributed by atoms with Crippen molar-refractivity contribution in [2.45, 2.75) is 20.0 Å². The monoisotopic (exact) mass is 806 g/mol. The summed E-state index contributed by atoms with van der Waals surface area (Å²) in [4.78, 5) is 0. The largest absolute Gasteiger partial charge is 0.113 e. The molecule has 10 aromatic rings. The number of allylic oxidation sites excluding steroid dienone is 1.